The fraction of sp³-hybridized carbons (Fsp3) is 0.533. The van der Waals surface area contributed by atoms with Gasteiger partial charge in [-0.2, -0.15) is 0 Å². The molecule has 6 heteroatoms. The molecule has 1 rings (SSSR count). The van der Waals surface area contributed by atoms with Crippen LogP contribution in [0.1, 0.15) is 30.8 Å². The highest BCUT2D eigenvalue weighted by Gasteiger charge is 2.19. The van der Waals surface area contributed by atoms with Crippen LogP contribution in [-0.4, -0.2) is 47.5 Å². The van der Waals surface area contributed by atoms with Gasteiger partial charge in [0, 0.05) is 32.5 Å². The average Bonchev–Trinajstić information content (AvgIpc) is 2.42. The summed E-state index contributed by atoms with van der Waals surface area (Å²) < 4.78 is 0. The Morgan fingerprint density at radius 1 is 1.38 bits per heavy atom. The fourth-order valence-electron chi connectivity index (χ4n) is 1.97. The highest BCUT2D eigenvalue weighted by Crippen LogP contribution is 2.15. The van der Waals surface area contributed by atoms with Crippen molar-refractivity contribution in [3.05, 3.63) is 24.0 Å². The first-order valence-corrected chi connectivity index (χ1v) is 6.95. The summed E-state index contributed by atoms with van der Waals surface area (Å²) in [5, 5.41) is 12.3. The SMILES string of the molecule is CC(C)CC(CNc1ccnc(C(=O)N(C)C)c1)C(=O)O. The summed E-state index contributed by atoms with van der Waals surface area (Å²) in [5.74, 6) is -1.13. The van der Waals surface area contributed by atoms with Gasteiger partial charge >= 0.3 is 5.97 Å². The highest BCUT2D eigenvalue weighted by molar-refractivity contribution is 5.92. The van der Waals surface area contributed by atoms with Crippen LogP contribution in [0, 0.1) is 11.8 Å². The lowest BCUT2D eigenvalue weighted by molar-refractivity contribution is -0.141. The summed E-state index contributed by atoms with van der Waals surface area (Å²) in [6, 6.07) is 3.36. The first kappa shape index (κ1) is 16.9. The zero-order chi connectivity index (χ0) is 16.0. The molecular weight excluding hydrogens is 270 g/mol. The maximum absolute atomic E-state index is 11.8. The van der Waals surface area contributed by atoms with E-state index in [-0.39, 0.29) is 5.91 Å². The van der Waals surface area contributed by atoms with Crippen LogP contribution >= 0.6 is 0 Å². The van der Waals surface area contributed by atoms with Crippen molar-refractivity contribution in [2.24, 2.45) is 11.8 Å². The van der Waals surface area contributed by atoms with Crippen molar-refractivity contribution in [1.29, 1.82) is 0 Å². The van der Waals surface area contributed by atoms with Gasteiger partial charge in [0.05, 0.1) is 5.92 Å². The van der Waals surface area contributed by atoms with E-state index < -0.39 is 11.9 Å². The summed E-state index contributed by atoms with van der Waals surface area (Å²) in [6.07, 6.45) is 2.15. The number of carboxylic acid groups (broad SMARTS) is 1. The molecular formula is C15H23N3O3. The molecule has 0 aliphatic rings. The number of hydrogen-bond donors (Lipinski definition) is 2. The van der Waals surface area contributed by atoms with Crippen molar-refractivity contribution in [2.75, 3.05) is 26.0 Å². The molecule has 0 bridgehead atoms. The Kier molecular flexibility index (Phi) is 6.14. The van der Waals surface area contributed by atoms with Crippen LogP contribution in [0.5, 0.6) is 0 Å². The predicted octanol–water partition coefficient (Wildman–Crippen LogP) is 1.94. The van der Waals surface area contributed by atoms with E-state index in [9.17, 15) is 14.7 Å². The van der Waals surface area contributed by atoms with Gasteiger partial charge in [-0.1, -0.05) is 13.8 Å². The lowest BCUT2D eigenvalue weighted by Crippen LogP contribution is -2.25. The van der Waals surface area contributed by atoms with Gasteiger partial charge in [0.1, 0.15) is 5.69 Å². The number of nitrogens with one attached hydrogen (secondary N) is 1. The molecule has 1 aromatic rings. The molecule has 6 nitrogen and oxygen atoms in total. The van der Waals surface area contributed by atoms with E-state index in [1.165, 1.54) is 11.1 Å². The molecule has 0 aromatic carbocycles. The van der Waals surface area contributed by atoms with E-state index in [1.807, 2.05) is 13.8 Å². The minimum atomic E-state index is -0.810. The number of nitrogens with zero attached hydrogens (tertiary/aromatic N) is 2. The van der Waals surface area contributed by atoms with Crippen LogP contribution in [0.2, 0.25) is 0 Å². The third-order valence-electron chi connectivity index (χ3n) is 3.04. The molecule has 1 aromatic heterocycles. The maximum atomic E-state index is 11.8. The van der Waals surface area contributed by atoms with Gasteiger partial charge in [-0.25, -0.2) is 0 Å². The normalized spacial score (nSPS) is 12.0. The number of rotatable bonds is 7. The minimum absolute atomic E-state index is 0.185. The number of carbonyl (C=O) groups excluding carboxylic acids is 1. The average molecular weight is 293 g/mol. The van der Waals surface area contributed by atoms with Gasteiger partial charge in [0.15, 0.2) is 0 Å². The van der Waals surface area contributed by atoms with E-state index in [2.05, 4.69) is 10.3 Å². The van der Waals surface area contributed by atoms with Gasteiger partial charge in [0.25, 0.3) is 5.91 Å². The molecule has 1 atom stereocenters. The van der Waals surface area contributed by atoms with Crippen molar-refractivity contribution in [2.45, 2.75) is 20.3 Å². The Morgan fingerprint density at radius 3 is 2.57 bits per heavy atom. The number of pyridine rings is 1. The van der Waals surface area contributed by atoms with Crippen LogP contribution in [0.4, 0.5) is 5.69 Å². The molecule has 0 radical (unpaired) electrons. The van der Waals surface area contributed by atoms with E-state index in [4.69, 9.17) is 0 Å². The summed E-state index contributed by atoms with van der Waals surface area (Å²) in [7, 11) is 3.32. The van der Waals surface area contributed by atoms with Crippen LogP contribution in [-0.2, 0) is 4.79 Å². The molecule has 0 saturated carbocycles. The molecule has 1 unspecified atom stereocenters. The van der Waals surface area contributed by atoms with Crippen molar-refractivity contribution >= 4 is 17.6 Å². The Hall–Kier alpha value is -2.11. The lowest BCUT2D eigenvalue weighted by Gasteiger charge is -2.16. The molecule has 116 valence electrons. The quantitative estimate of drug-likeness (QED) is 0.803. The topological polar surface area (TPSA) is 82.5 Å². The van der Waals surface area contributed by atoms with Gasteiger partial charge in [-0.05, 0) is 24.5 Å². The van der Waals surface area contributed by atoms with Crippen molar-refractivity contribution < 1.29 is 14.7 Å². The first-order valence-electron chi connectivity index (χ1n) is 6.95. The Labute approximate surface area is 125 Å². The smallest absolute Gasteiger partial charge is 0.308 e. The Balaban J connectivity index is 2.72. The zero-order valence-corrected chi connectivity index (χ0v) is 13.0. The molecule has 1 amide bonds. The van der Waals surface area contributed by atoms with E-state index in [1.54, 1.807) is 26.2 Å². The first-order chi connectivity index (χ1) is 9.81. The third kappa shape index (κ3) is 5.41. The monoisotopic (exact) mass is 293 g/mol. The number of aliphatic carboxylic acids is 1. The minimum Gasteiger partial charge on any atom is -0.481 e. The molecule has 2 N–H and O–H groups in total. The second kappa shape index (κ2) is 7.61. The van der Waals surface area contributed by atoms with Crippen molar-refractivity contribution in [3.8, 4) is 0 Å². The molecule has 0 fully saturated rings. The van der Waals surface area contributed by atoms with E-state index in [0.717, 1.165) is 0 Å². The maximum Gasteiger partial charge on any atom is 0.308 e. The van der Waals surface area contributed by atoms with Gasteiger partial charge in [-0.3, -0.25) is 14.6 Å². The number of hydrogen-bond acceptors (Lipinski definition) is 4. The molecule has 0 saturated heterocycles. The van der Waals surface area contributed by atoms with Gasteiger partial charge < -0.3 is 15.3 Å². The van der Waals surface area contributed by atoms with E-state index >= 15 is 0 Å². The third-order valence-corrected chi connectivity index (χ3v) is 3.04. The highest BCUT2D eigenvalue weighted by atomic mass is 16.4. The summed E-state index contributed by atoms with van der Waals surface area (Å²) >= 11 is 0. The zero-order valence-electron chi connectivity index (χ0n) is 13.0. The summed E-state index contributed by atoms with van der Waals surface area (Å²) in [6.45, 7) is 4.32. The number of carbonyl (C=O) groups is 2. The standard InChI is InChI=1S/C15H23N3O3/c1-10(2)7-11(15(20)21)9-17-12-5-6-16-13(8-12)14(19)18(3)4/h5-6,8,10-11H,7,9H2,1-4H3,(H,16,17)(H,20,21). The number of carboxylic acids is 1. The fourth-order valence-corrected chi connectivity index (χ4v) is 1.97. The van der Waals surface area contributed by atoms with Gasteiger partial charge in [0.2, 0.25) is 0 Å². The van der Waals surface area contributed by atoms with E-state index in [0.29, 0.717) is 30.3 Å². The number of aromatic nitrogens is 1. The Bertz CT molecular complexity index is 501. The molecule has 0 aliphatic carbocycles. The largest absolute Gasteiger partial charge is 0.481 e. The number of amides is 1. The van der Waals surface area contributed by atoms with Crippen LogP contribution in [0.15, 0.2) is 18.3 Å². The molecule has 0 spiro atoms. The van der Waals surface area contributed by atoms with Crippen LogP contribution in [0.25, 0.3) is 0 Å². The van der Waals surface area contributed by atoms with Crippen molar-refractivity contribution in [3.63, 3.8) is 0 Å². The van der Waals surface area contributed by atoms with Gasteiger partial charge in [-0.15, -0.1) is 0 Å². The molecule has 1 heterocycles. The second-order valence-corrected chi connectivity index (χ2v) is 5.67. The molecule has 0 aliphatic heterocycles. The van der Waals surface area contributed by atoms with Crippen LogP contribution in [0.3, 0.4) is 0 Å². The Morgan fingerprint density at radius 2 is 2.05 bits per heavy atom. The lowest BCUT2D eigenvalue weighted by atomic mass is 9.97. The summed E-state index contributed by atoms with van der Waals surface area (Å²) in [4.78, 5) is 28.5. The predicted molar refractivity (Wildman–Crippen MR) is 81.3 cm³/mol. The van der Waals surface area contributed by atoms with Crippen molar-refractivity contribution in [1.82, 2.24) is 9.88 Å². The summed E-state index contributed by atoms with van der Waals surface area (Å²) in [5.41, 5.74) is 1.03. The second-order valence-electron chi connectivity index (χ2n) is 5.67. The molecule has 21 heavy (non-hydrogen) atoms. The number of anilines is 1. The van der Waals surface area contributed by atoms with Crippen LogP contribution < -0.4 is 5.32 Å².